The molecule has 0 nitrogen and oxygen atoms in total. The third-order valence-electron chi connectivity index (χ3n) is 6.67. The van der Waals surface area contributed by atoms with E-state index in [0.717, 1.165) is 4.47 Å². The molecule has 0 saturated carbocycles. The fraction of sp³-hybridized carbons (Fsp3) is 0. The SMILES string of the molecule is Brc1ccc2ccc3c(-c4cc5ccccc5c5ccccc45)ccc4ccc1c2c43. The molecule has 0 aliphatic rings. The van der Waals surface area contributed by atoms with Crippen molar-refractivity contribution < 1.29 is 0 Å². The number of hydrogen-bond donors (Lipinski definition) is 0. The molecule has 144 valence electrons. The molecule has 7 aromatic carbocycles. The normalized spacial score (nSPS) is 12.0. The lowest BCUT2D eigenvalue weighted by Gasteiger charge is -2.17. The summed E-state index contributed by atoms with van der Waals surface area (Å²) in [4.78, 5) is 0. The first kappa shape index (κ1) is 17.3. The Hall–Kier alpha value is -3.42. The number of halogens is 1. The Morgan fingerprint density at radius 3 is 1.84 bits per heavy atom. The molecule has 0 unspecified atom stereocenters. The molecule has 7 rings (SSSR count). The van der Waals surface area contributed by atoms with E-state index in [2.05, 4.69) is 119 Å². The van der Waals surface area contributed by atoms with Crippen LogP contribution in [0.5, 0.6) is 0 Å². The minimum Gasteiger partial charge on any atom is -0.0616 e. The molecule has 0 radical (unpaired) electrons. The smallest absolute Gasteiger partial charge is 0.0254 e. The molecular weight excluding hydrogens is 440 g/mol. The highest BCUT2D eigenvalue weighted by molar-refractivity contribution is 9.10. The van der Waals surface area contributed by atoms with E-state index < -0.39 is 0 Å². The van der Waals surface area contributed by atoms with Crippen LogP contribution < -0.4 is 0 Å². The molecule has 0 atom stereocenters. The molecule has 1 heteroatoms. The van der Waals surface area contributed by atoms with E-state index in [1.807, 2.05) is 0 Å². The molecule has 0 amide bonds. The summed E-state index contributed by atoms with van der Waals surface area (Å²) >= 11 is 3.76. The highest BCUT2D eigenvalue weighted by Gasteiger charge is 2.15. The van der Waals surface area contributed by atoms with Crippen LogP contribution in [0, 0.1) is 0 Å². The third-order valence-corrected chi connectivity index (χ3v) is 7.36. The first-order chi connectivity index (χ1) is 15.3. The molecule has 31 heavy (non-hydrogen) atoms. The Labute approximate surface area is 188 Å². The lowest BCUT2D eigenvalue weighted by Crippen LogP contribution is -1.89. The second kappa shape index (κ2) is 6.29. The zero-order chi connectivity index (χ0) is 20.5. The number of hydrogen-bond acceptors (Lipinski definition) is 0. The maximum absolute atomic E-state index is 3.76. The third kappa shape index (κ3) is 2.35. The van der Waals surface area contributed by atoms with Crippen molar-refractivity contribution in [3.63, 3.8) is 0 Å². The summed E-state index contributed by atoms with van der Waals surface area (Å²) in [5.41, 5.74) is 2.59. The van der Waals surface area contributed by atoms with Crippen LogP contribution in [0.25, 0.3) is 65.0 Å². The molecular formula is C30H17Br. The average molecular weight is 457 g/mol. The largest absolute Gasteiger partial charge is 0.0616 e. The monoisotopic (exact) mass is 456 g/mol. The van der Waals surface area contributed by atoms with Gasteiger partial charge in [-0.2, -0.15) is 0 Å². The fourth-order valence-corrected chi connectivity index (χ4v) is 5.74. The Morgan fingerprint density at radius 2 is 1.00 bits per heavy atom. The molecule has 0 spiro atoms. The molecule has 0 N–H and O–H groups in total. The van der Waals surface area contributed by atoms with E-state index in [9.17, 15) is 0 Å². The molecule has 0 aromatic heterocycles. The van der Waals surface area contributed by atoms with Gasteiger partial charge in [-0.3, -0.25) is 0 Å². The predicted molar refractivity (Wildman–Crippen MR) is 138 cm³/mol. The highest BCUT2D eigenvalue weighted by Crippen LogP contribution is 2.43. The van der Waals surface area contributed by atoms with Gasteiger partial charge in [0.05, 0.1) is 0 Å². The Balaban J connectivity index is 1.69. The van der Waals surface area contributed by atoms with Gasteiger partial charge < -0.3 is 0 Å². The summed E-state index contributed by atoms with van der Waals surface area (Å²) < 4.78 is 1.15. The van der Waals surface area contributed by atoms with Gasteiger partial charge in [-0.05, 0) is 77.1 Å². The maximum Gasteiger partial charge on any atom is 0.0254 e. The van der Waals surface area contributed by atoms with Crippen molar-refractivity contribution in [1.29, 1.82) is 0 Å². The van der Waals surface area contributed by atoms with Crippen molar-refractivity contribution in [1.82, 2.24) is 0 Å². The van der Waals surface area contributed by atoms with Crippen molar-refractivity contribution in [2.24, 2.45) is 0 Å². The van der Waals surface area contributed by atoms with Gasteiger partial charge in [0.1, 0.15) is 0 Å². The van der Waals surface area contributed by atoms with E-state index in [-0.39, 0.29) is 0 Å². The summed E-state index contributed by atoms with van der Waals surface area (Å²) in [7, 11) is 0. The van der Waals surface area contributed by atoms with Gasteiger partial charge in [-0.1, -0.05) is 107 Å². The Kier molecular flexibility index (Phi) is 3.51. The van der Waals surface area contributed by atoms with E-state index in [4.69, 9.17) is 0 Å². The van der Waals surface area contributed by atoms with Crippen molar-refractivity contribution in [2.45, 2.75) is 0 Å². The molecule has 0 aliphatic carbocycles. The van der Waals surface area contributed by atoms with E-state index in [0.29, 0.717) is 0 Å². The maximum atomic E-state index is 3.76. The van der Waals surface area contributed by atoms with Crippen molar-refractivity contribution >= 4 is 69.8 Å². The van der Waals surface area contributed by atoms with Gasteiger partial charge in [-0.15, -0.1) is 0 Å². The lowest BCUT2D eigenvalue weighted by molar-refractivity contribution is 1.71. The molecule has 0 fully saturated rings. The van der Waals surface area contributed by atoms with Crippen LogP contribution in [0.4, 0.5) is 0 Å². The van der Waals surface area contributed by atoms with Crippen LogP contribution in [0.15, 0.2) is 108 Å². The second-order valence-electron chi connectivity index (χ2n) is 8.27. The van der Waals surface area contributed by atoms with E-state index in [1.54, 1.807) is 0 Å². The lowest BCUT2D eigenvalue weighted by atomic mass is 9.87. The average Bonchev–Trinajstić information content (AvgIpc) is 2.83. The molecule has 0 bridgehead atoms. The zero-order valence-electron chi connectivity index (χ0n) is 16.7. The van der Waals surface area contributed by atoms with Crippen LogP contribution in [0.3, 0.4) is 0 Å². The van der Waals surface area contributed by atoms with Crippen molar-refractivity contribution in [3.05, 3.63) is 108 Å². The topological polar surface area (TPSA) is 0 Å². The summed E-state index contributed by atoms with van der Waals surface area (Å²) in [5, 5.41) is 13.1. The Bertz CT molecular complexity index is 1790. The van der Waals surface area contributed by atoms with Crippen LogP contribution in [-0.4, -0.2) is 0 Å². The standard InChI is InChI=1S/C30H17Br/c31-28-16-12-19-10-14-25-24(13-9-18-11-15-26(28)30(19)29(18)25)27-17-20-5-1-2-6-21(20)22-7-3-4-8-23(22)27/h1-17H. The van der Waals surface area contributed by atoms with Gasteiger partial charge in [-0.25, -0.2) is 0 Å². The van der Waals surface area contributed by atoms with Crippen LogP contribution >= 0.6 is 15.9 Å². The van der Waals surface area contributed by atoms with E-state index >= 15 is 0 Å². The van der Waals surface area contributed by atoms with Gasteiger partial charge >= 0.3 is 0 Å². The second-order valence-corrected chi connectivity index (χ2v) is 9.13. The number of fused-ring (bicyclic) bond motifs is 3. The minimum absolute atomic E-state index is 1.15. The number of rotatable bonds is 1. The fourth-order valence-electron chi connectivity index (χ4n) is 5.28. The quantitative estimate of drug-likeness (QED) is 0.216. The van der Waals surface area contributed by atoms with Crippen LogP contribution in [-0.2, 0) is 0 Å². The summed E-state index contributed by atoms with van der Waals surface area (Å²) in [5.74, 6) is 0. The first-order valence-corrected chi connectivity index (χ1v) is 11.4. The summed E-state index contributed by atoms with van der Waals surface area (Å²) in [6, 6.07) is 37.8. The molecule has 0 aliphatic heterocycles. The van der Waals surface area contributed by atoms with Gasteiger partial charge in [0.15, 0.2) is 0 Å². The first-order valence-electron chi connectivity index (χ1n) is 10.6. The minimum atomic E-state index is 1.15. The number of benzene rings is 7. The highest BCUT2D eigenvalue weighted by atomic mass is 79.9. The summed E-state index contributed by atoms with van der Waals surface area (Å²) in [6.07, 6.45) is 0. The molecule has 7 aromatic rings. The molecule has 0 saturated heterocycles. The predicted octanol–water partition coefficient (Wildman–Crippen LogP) is 9.32. The summed E-state index contributed by atoms with van der Waals surface area (Å²) in [6.45, 7) is 0. The van der Waals surface area contributed by atoms with Gasteiger partial charge in [0, 0.05) is 4.47 Å². The zero-order valence-corrected chi connectivity index (χ0v) is 18.3. The Morgan fingerprint density at radius 1 is 0.387 bits per heavy atom. The molecule has 0 heterocycles. The van der Waals surface area contributed by atoms with Crippen molar-refractivity contribution in [2.75, 3.05) is 0 Å². The van der Waals surface area contributed by atoms with E-state index in [1.165, 1.54) is 65.0 Å². The van der Waals surface area contributed by atoms with Crippen LogP contribution in [0.2, 0.25) is 0 Å². The van der Waals surface area contributed by atoms with Gasteiger partial charge in [0.25, 0.3) is 0 Å². The van der Waals surface area contributed by atoms with Crippen LogP contribution in [0.1, 0.15) is 0 Å². The van der Waals surface area contributed by atoms with Gasteiger partial charge in [0.2, 0.25) is 0 Å². The van der Waals surface area contributed by atoms with Crippen molar-refractivity contribution in [3.8, 4) is 11.1 Å².